The smallest absolute Gasteiger partial charge is 0.283 e. The van der Waals surface area contributed by atoms with Gasteiger partial charge in [-0.2, -0.15) is 0 Å². The monoisotopic (exact) mass is 357 g/mol. The molecular weight excluding hydrogens is 346 g/mol. The minimum Gasteiger partial charge on any atom is -0.497 e. The standard InChI is InChI=1S/C17H12ClN3O2S/c1-23-9-6-7-10-12(8-9)19-15-14(10)20-17(24)21(16(15)22)13-5-3-2-4-11(13)18/h2-8,19H,1H3,(H,20,24). The van der Waals surface area contributed by atoms with Crippen molar-refractivity contribution < 1.29 is 4.74 Å². The molecule has 4 aromatic rings. The second kappa shape index (κ2) is 5.51. The molecule has 0 saturated heterocycles. The zero-order valence-corrected chi connectivity index (χ0v) is 14.2. The van der Waals surface area contributed by atoms with Gasteiger partial charge < -0.3 is 14.7 Å². The zero-order valence-electron chi connectivity index (χ0n) is 12.6. The molecule has 0 atom stereocenters. The highest BCUT2D eigenvalue weighted by atomic mass is 35.5. The van der Waals surface area contributed by atoms with Crippen LogP contribution in [0.25, 0.3) is 27.6 Å². The quantitative estimate of drug-likeness (QED) is 0.529. The van der Waals surface area contributed by atoms with Gasteiger partial charge in [0, 0.05) is 11.5 Å². The van der Waals surface area contributed by atoms with E-state index in [1.807, 2.05) is 24.3 Å². The van der Waals surface area contributed by atoms with E-state index in [-0.39, 0.29) is 10.3 Å². The van der Waals surface area contributed by atoms with Crippen molar-refractivity contribution >= 4 is 45.8 Å². The van der Waals surface area contributed by atoms with Gasteiger partial charge in [0.15, 0.2) is 4.77 Å². The second-order valence-electron chi connectivity index (χ2n) is 5.31. The Morgan fingerprint density at radius 1 is 1.12 bits per heavy atom. The molecule has 0 amide bonds. The van der Waals surface area contributed by atoms with Crippen LogP contribution in [0.1, 0.15) is 0 Å². The van der Waals surface area contributed by atoms with Gasteiger partial charge in [-0.15, -0.1) is 0 Å². The normalized spacial score (nSPS) is 11.2. The lowest BCUT2D eigenvalue weighted by molar-refractivity contribution is 0.415. The number of nitrogens with zero attached hydrogens (tertiary/aromatic N) is 1. The Morgan fingerprint density at radius 3 is 2.67 bits per heavy atom. The summed E-state index contributed by atoms with van der Waals surface area (Å²) in [5.74, 6) is 0.707. The van der Waals surface area contributed by atoms with E-state index in [2.05, 4.69) is 9.97 Å². The maximum atomic E-state index is 13.0. The molecule has 0 aliphatic carbocycles. The Bertz CT molecular complexity index is 1210. The van der Waals surface area contributed by atoms with Gasteiger partial charge in [-0.25, -0.2) is 0 Å². The van der Waals surface area contributed by atoms with Gasteiger partial charge in [-0.05, 0) is 36.5 Å². The summed E-state index contributed by atoms with van der Waals surface area (Å²) < 4.78 is 6.91. The number of H-pyrrole nitrogens is 2. The molecule has 0 bridgehead atoms. The number of hydrogen-bond acceptors (Lipinski definition) is 3. The first-order valence-corrected chi connectivity index (χ1v) is 7.98. The van der Waals surface area contributed by atoms with E-state index >= 15 is 0 Å². The summed E-state index contributed by atoms with van der Waals surface area (Å²) in [5.41, 5.74) is 2.20. The number of fused-ring (bicyclic) bond motifs is 3. The Balaban J connectivity index is 2.12. The maximum Gasteiger partial charge on any atom is 0.283 e. The summed E-state index contributed by atoms with van der Waals surface area (Å²) in [6.45, 7) is 0. The number of benzene rings is 2. The van der Waals surface area contributed by atoms with E-state index < -0.39 is 0 Å². The summed E-state index contributed by atoms with van der Waals surface area (Å²) in [7, 11) is 1.60. The van der Waals surface area contributed by atoms with Crippen LogP contribution in [0.15, 0.2) is 47.3 Å². The summed E-state index contributed by atoms with van der Waals surface area (Å²) in [5, 5.41) is 1.33. The third-order valence-corrected chi connectivity index (χ3v) is 4.56. The minimum absolute atomic E-state index is 0.253. The second-order valence-corrected chi connectivity index (χ2v) is 6.10. The van der Waals surface area contributed by atoms with Crippen molar-refractivity contribution in [3.8, 4) is 11.4 Å². The van der Waals surface area contributed by atoms with Gasteiger partial charge in [0.2, 0.25) is 0 Å². The molecule has 2 aromatic carbocycles. The zero-order chi connectivity index (χ0) is 16.8. The van der Waals surface area contributed by atoms with Crippen LogP contribution in [0, 0.1) is 4.77 Å². The highest BCUT2D eigenvalue weighted by molar-refractivity contribution is 7.71. The van der Waals surface area contributed by atoms with Crippen LogP contribution < -0.4 is 10.3 Å². The number of para-hydroxylation sites is 1. The molecule has 2 aromatic heterocycles. The van der Waals surface area contributed by atoms with E-state index in [1.165, 1.54) is 4.57 Å². The lowest BCUT2D eigenvalue weighted by atomic mass is 10.2. The fraction of sp³-hybridized carbons (Fsp3) is 0.0588. The number of methoxy groups -OCH3 is 1. The number of aromatic amines is 2. The van der Waals surface area contributed by atoms with Gasteiger partial charge >= 0.3 is 0 Å². The van der Waals surface area contributed by atoms with Gasteiger partial charge in [-0.3, -0.25) is 9.36 Å². The van der Waals surface area contributed by atoms with Crippen molar-refractivity contribution in [3.05, 3.63) is 62.6 Å². The molecule has 0 aliphatic rings. The Morgan fingerprint density at radius 2 is 1.92 bits per heavy atom. The molecule has 0 unspecified atom stereocenters. The van der Waals surface area contributed by atoms with Crippen molar-refractivity contribution in [3.63, 3.8) is 0 Å². The molecule has 0 spiro atoms. The molecule has 0 saturated carbocycles. The van der Waals surface area contributed by atoms with Crippen LogP contribution in [0.3, 0.4) is 0 Å². The lowest BCUT2D eigenvalue weighted by Gasteiger charge is -2.08. The van der Waals surface area contributed by atoms with Crippen LogP contribution in [-0.2, 0) is 0 Å². The first kappa shape index (κ1) is 15.0. The van der Waals surface area contributed by atoms with Crippen LogP contribution in [0.2, 0.25) is 5.02 Å². The van der Waals surface area contributed by atoms with Gasteiger partial charge in [0.1, 0.15) is 11.3 Å². The van der Waals surface area contributed by atoms with Crippen LogP contribution in [0.5, 0.6) is 5.75 Å². The molecule has 24 heavy (non-hydrogen) atoms. The lowest BCUT2D eigenvalue weighted by Crippen LogP contribution is -2.20. The third kappa shape index (κ3) is 2.15. The topological polar surface area (TPSA) is 62.8 Å². The number of halogens is 1. The van der Waals surface area contributed by atoms with Crippen LogP contribution in [0.4, 0.5) is 0 Å². The molecule has 4 rings (SSSR count). The van der Waals surface area contributed by atoms with E-state index in [0.717, 1.165) is 10.9 Å². The minimum atomic E-state index is -0.253. The molecule has 5 nitrogen and oxygen atoms in total. The predicted molar refractivity (Wildman–Crippen MR) is 98.1 cm³/mol. The predicted octanol–water partition coefficient (Wildman–Crippen LogP) is 4.19. The number of ether oxygens (including phenoxy) is 1. The molecule has 2 heterocycles. The summed E-state index contributed by atoms with van der Waals surface area (Å²) in [6, 6.07) is 12.7. The number of nitrogens with one attached hydrogen (secondary N) is 2. The van der Waals surface area contributed by atoms with Crippen molar-refractivity contribution in [1.82, 2.24) is 14.5 Å². The largest absolute Gasteiger partial charge is 0.497 e. The third-order valence-electron chi connectivity index (χ3n) is 3.95. The average molecular weight is 358 g/mol. The van der Waals surface area contributed by atoms with E-state index in [9.17, 15) is 4.79 Å². The molecule has 0 radical (unpaired) electrons. The number of rotatable bonds is 2. The molecule has 2 N–H and O–H groups in total. The highest BCUT2D eigenvalue weighted by Crippen LogP contribution is 2.26. The Kier molecular flexibility index (Phi) is 3.44. The van der Waals surface area contributed by atoms with E-state index in [4.69, 9.17) is 28.6 Å². The summed E-state index contributed by atoms with van der Waals surface area (Å²) in [6.07, 6.45) is 0. The fourth-order valence-electron chi connectivity index (χ4n) is 2.81. The highest BCUT2D eigenvalue weighted by Gasteiger charge is 2.14. The molecule has 0 aliphatic heterocycles. The van der Waals surface area contributed by atoms with Crippen molar-refractivity contribution in [1.29, 1.82) is 0 Å². The van der Waals surface area contributed by atoms with Gasteiger partial charge in [0.05, 0.1) is 28.9 Å². The van der Waals surface area contributed by atoms with Crippen molar-refractivity contribution in [2.45, 2.75) is 0 Å². The first-order chi connectivity index (χ1) is 11.6. The molecule has 7 heteroatoms. The Labute approximate surface area is 146 Å². The first-order valence-electron chi connectivity index (χ1n) is 7.20. The molecule has 120 valence electrons. The van der Waals surface area contributed by atoms with Gasteiger partial charge in [-0.1, -0.05) is 23.7 Å². The van der Waals surface area contributed by atoms with Crippen molar-refractivity contribution in [2.24, 2.45) is 0 Å². The average Bonchev–Trinajstić information content (AvgIpc) is 2.94. The fourth-order valence-corrected chi connectivity index (χ4v) is 3.32. The summed E-state index contributed by atoms with van der Waals surface area (Å²) >= 11 is 11.6. The van der Waals surface area contributed by atoms with Crippen LogP contribution in [-0.4, -0.2) is 21.6 Å². The van der Waals surface area contributed by atoms with Gasteiger partial charge in [0.25, 0.3) is 5.56 Å². The molecular formula is C17H12ClN3O2S. The van der Waals surface area contributed by atoms with E-state index in [0.29, 0.717) is 27.5 Å². The Hall–Kier alpha value is -2.57. The van der Waals surface area contributed by atoms with Crippen LogP contribution >= 0.6 is 23.8 Å². The van der Waals surface area contributed by atoms with E-state index in [1.54, 1.807) is 25.3 Å². The molecule has 0 fully saturated rings. The number of hydrogen-bond donors (Lipinski definition) is 2. The number of aromatic nitrogens is 3. The summed E-state index contributed by atoms with van der Waals surface area (Å²) in [4.78, 5) is 19.3. The SMILES string of the molecule is COc1ccc2c(c1)[nH]c1c(=O)n(-c3ccccc3Cl)c(=S)[nH]c12. The maximum absolute atomic E-state index is 13.0. The van der Waals surface area contributed by atoms with Crippen molar-refractivity contribution in [2.75, 3.05) is 7.11 Å².